The molecular formula is C13H10F5N5. The molecule has 0 aliphatic carbocycles. The van der Waals surface area contributed by atoms with Crippen LogP contribution in [0.2, 0.25) is 0 Å². The van der Waals surface area contributed by atoms with E-state index < -0.39 is 40.9 Å². The molecule has 0 saturated carbocycles. The summed E-state index contributed by atoms with van der Waals surface area (Å²) in [7, 11) is 0. The highest BCUT2D eigenvalue weighted by atomic mass is 19.4. The van der Waals surface area contributed by atoms with E-state index in [1.165, 1.54) is 0 Å². The fraction of sp³-hybridized carbons (Fsp3) is 0.231. The number of aromatic nitrogens is 2. The first-order valence-electron chi connectivity index (χ1n) is 6.17. The maximum absolute atomic E-state index is 13.5. The predicted molar refractivity (Wildman–Crippen MR) is 71.9 cm³/mol. The van der Waals surface area contributed by atoms with Crippen LogP contribution in [0.3, 0.4) is 0 Å². The minimum absolute atomic E-state index is 0.245. The Labute approximate surface area is 126 Å². The van der Waals surface area contributed by atoms with Crippen molar-refractivity contribution in [3.63, 3.8) is 0 Å². The highest BCUT2D eigenvalue weighted by Crippen LogP contribution is 2.36. The molecule has 2 aromatic rings. The van der Waals surface area contributed by atoms with Gasteiger partial charge in [-0.1, -0.05) is 0 Å². The van der Waals surface area contributed by atoms with Crippen molar-refractivity contribution in [2.75, 3.05) is 11.5 Å². The second kappa shape index (κ2) is 5.42. The molecular weight excluding hydrogens is 321 g/mol. The number of anilines is 2. The second-order valence-electron chi connectivity index (χ2n) is 4.74. The van der Waals surface area contributed by atoms with Gasteiger partial charge in [0.2, 0.25) is 0 Å². The van der Waals surface area contributed by atoms with E-state index in [0.29, 0.717) is 4.68 Å². The molecule has 1 unspecified atom stereocenters. The normalized spacial score (nSPS) is 12.9. The first-order chi connectivity index (χ1) is 10.6. The van der Waals surface area contributed by atoms with Gasteiger partial charge in [-0.15, -0.1) is 0 Å². The van der Waals surface area contributed by atoms with Crippen LogP contribution in [0.25, 0.3) is 11.3 Å². The average Bonchev–Trinajstić information content (AvgIpc) is 2.79. The zero-order valence-electron chi connectivity index (χ0n) is 11.6. The lowest BCUT2D eigenvalue weighted by atomic mass is 10.1. The maximum Gasteiger partial charge on any atom is 0.410 e. The van der Waals surface area contributed by atoms with Gasteiger partial charge in [-0.2, -0.15) is 23.5 Å². The van der Waals surface area contributed by atoms with E-state index in [9.17, 15) is 22.0 Å². The molecule has 23 heavy (non-hydrogen) atoms. The standard InChI is InChI=1S/C13H10F5N5/c1-5(13(16,17)18)23-12(21)7(4-19)11(22-23)6-2-8(14)10(20)9(15)3-6/h2-3,5H,20-21H2,1H3. The van der Waals surface area contributed by atoms with Crippen LogP contribution in [0.4, 0.5) is 33.5 Å². The van der Waals surface area contributed by atoms with Gasteiger partial charge in [0, 0.05) is 5.56 Å². The van der Waals surface area contributed by atoms with E-state index in [1.807, 2.05) is 0 Å². The van der Waals surface area contributed by atoms with E-state index >= 15 is 0 Å². The Bertz CT molecular complexity index is 779. The summed E-state index contributed by atoms with van der Waals surface area (Å²) in [6.07, 6.45) is -4.66. The lowest BCUT2D eigenvalue weighted by Crippen LogP contribution is -2.25. The molecule has 0 amide bonds. The number of nitrogens with zero attached hydrogens (tertiary/aromatic N) is 3. The van der Waals surface area contributed by atoms with Crippen molar-refractivity contribution in [1.29, 1.82) is 5.26 Å². The van der Waals surface area contributed by atoms with Crippen LogP contribution in [0, 0.1) is 23.0 Å². The third kappa shape index (κ3) is 2.77. The smallest absolute Gasteiger partial charge is 0.394 e. The number of rotatable bonds is 2. The van der Waals surface area contributed by atoms with Gasteiger partial charge < -0.3 is 11.5 Å². The van der Waals surface area contributed by atoms with Gasteiger partial charge in [-0.05, 0) is 19.1 Å². The quantitative estimate of drug-likeness (QED) is 0.653. The third-order valence-corrected chi connectivity index (χ3v) is 3.25. The summed E-state index contributed by atoms with van der Waals surface area (Å²) in [6, 6.07) is 1.01. The minimum atomic E-state index is -4.66. The zero-order valence-corrected chi connectivity index (χ0v) is 11.6. The lowest BCUT2D eigenvalue weighted by molar-refractivity contribution is -0.164. The van der Waals surface area contributed by atoms with Crippen molar-refractivity contribution in [1.82, 2.24) is 9.78 Å². The molecule has 2 rings (SSSR count). The molecule has 0 aliphatic heterocycles. The van der Waals surface area contributed by atoms with Crippen LogP contribution in [0.15, 0.2) is 12.1 Å². The summed E-state index contributed by atoms with van der Waals surface area (Å²) in [5, 5.41) is 12.7. The number of nitriles is 1. The Morgan fingerprint density at radius 3 is 2.17 bits per heavy atom. The van der Waals surface area contributed by atoms with Gasteiger partial charge >= 0.3 is 6.18 Å². The van der Waals surface area contributed by atoms with E-state index in [0.717, 1.165) is 19.1 Å². The molecule has 1 heterocycles. The average molecular weight is 331 g/mol. The third-order valence-electron chi connectivity index (χ3n) is 3.25. The van der Waals surface area contributed by atoms with E-state index in [4.69, 9.17) is 16.7 Å². The predicted octanol–water partition coefficient (Wildman–Crippen LogP) is 2.99. The number of benzene rings is 1. The molecule has 1 atom stereocenters. The summed E-state index contributed by atoms with van der Waals surface area (Å²) >= 11 is 0. The topological polar surface area (TPSA) is 93.6 Å². The molecule has 0 aliphatic rings. The molecule has 0 fully saturated rings. The second-order valence-corrected chi connectivity index (χ2v) is 4.74. The first kappa shape index (κ1) is 16.5. The van der Waals surface area contributed by atoms with Gasteiger partial charge in [0.15, 0.2) is 0 Å². The highest BCUT2D eigenvalue weighted by Gasteiger charge is 2.40. The molecule has 0 spiro atoms. The Morgan fingerprint density at radius 1 is 1.22 bits per heavy atom. The Morgan fingerprint density at radius 2 is 1.74 bits per heavy atom. The molecule has 10 heteroatoms. The van der Waals surface area contributed by atoms with Crippen LogP contribution >= 0.6 is 0 Å². The van der Waals surface area contributed by atoms with Gasteiger partial charge in [0.25, 0.3) is 0 Å². The maximum atomic E-state index is 13.5. The Hall–Kier alpha value is -2.83. The minimum Gasteiger partial charge on any atom is -0.394 e. The number of alkyl halides is 3. The van der Waals surface area contributed by atoms with E-state index in [1.54, 1.807) is 6.07 Å². The van der Waals surface area contributed by atoms with Gasteiger partial charge in [-0.25, -0.2) is 13.5 Å². The number of nitrogens with two attached hydrogens (primary N) is 2. The summed E-state index contributed by atoms with van der Waals surface area (Å²) < 4.78 is 65.9. The van der Waals surface area contributed by atoms with Crippen LogP contribution in [0.1, 0.15) is 18.5 Å². The van der Waals surface area contributed by atoms with Crippen molar-refractivity contribution < 1.29 is 22.0 Å². The molecule has 5 nitrogen and oxygen atoms in total. The largest absolute Gasteiger partial charge is 0.410 e. The molecule has 1 aromatic heterocycles. The summed E-state index contributed by atoms with van der Waals surface area (Å²) in [5.74, 6) is -2.80. The fourth-order valence-electron chi connectivity index (χ4n) is 1.91. The van der Waals surface area contributed by atoms with Crippen molar-refractivity contribution >= 4 is 11.5 Å². The van der Waals surface area contributed by atoms with Crippen LogP contribution in [0.5, 0.6) is 0 Å². The number of hydrogen-bond donors (Lipinski definition) is 2. The van der Waals surface area contributed by atoms with Gasteiger partial charge in [0.1, 0.15) is 46.5 Å². The van der Waals surface area contributed by atoms with Gasteiger partial charge in [0.05, 0.1) is 0 Å². The monoisotopic (exact) mass is 331 g/mol. The highest BCUT2D eigenvalue weighted by molar-refractivity contribution is 5.74. The molecule has 4 N–H and O–H groups in total. The van der Waals surface area contributed by atoms with Crippen LogP contribution < -0.4 is 11.5 Å². The van der Waals surface area contributed by atoms with Crippen molar-refractivity contribution in [2.45, 2.75) is 19.1 Å². The molecule has 1 aromatic carbocycles. The first-order valence-corrected chi connectivity index (χ1v) is 6.17. The summed E-state index contributed by atoms with van der Waals surface area (Å²) in [4.78, 5) is 0. The molecule has 122 valence electrons. The Balaban J connectivity index is 2.68. The van der Waals surface area contributed by atoms with E-state index in [2.05, 4.69) is 5.10 Å². The van der Waals surface area contributed by atoms with Crippen LogP contribution in [-0.4, -0.2) is 16.0 Å². The van der Waals surface area contributed by atoms with Crippen molar-refractivity contribution in [3.05, 3.63) is 29.3 Å². The number of nitrogen functional groups attached to an aromatic ring is 2. The molecule has 0 radical (unpaired) electrons. The Kier molecular flexibility index (Phi) is 3.90. The summed E-state index contributed by atoms with van der Waals surface area (Å²) in [6.45, 7) is 0.790. The van der Waals surface area contributed by atoms with Crippen molar-refractivity contribution in [2.24, 2.45) is 0 Å². The van der Waals surface area contributed by atoms with Crippen LogP contribution in [-0.2, 0) is 0 Å². The van der Waals surface area contributed by atoms with Crippen molar-refractivity contribution in [3.8, 4) is 17.3 Å². The zero-order chi connectivity index (χ0) is 17.5. The lowest BCUT2D eigenvalue weighted by Gasteiger charge is -2.17. The summed E-state index contributed by atoms with van der Waals surface area (Å²) in [5.41, 5.74) is 8.88. The van der Waals surface area contributed by atoms with Gasteiger partial charge in [-0.3, -0.25) is 0 Å². The number of halogens is 5. The molecule has 0 saturated heterocycles. The SMILES string of the molecule is CC(n1nc(-c2cc(F)c(N)c(F)c2)c(C#N)c1N)C(F)(F)F. The molecule has 0 bridgehead atoms. The fourth-order valence-corrected chi connectivity index (χ4v) is 1.91. The number of hydrogen-bond acceptors (Lipinski definition) is 4. The van der Waals surface area contributed by atoms with E-state index in [-0.39, 0.29) is 11.3 Å².